The average Bonchev–Trinajstić information content (AvgIpc) is 2.49. The maximum atomic E-state index is 13.0. The molecule has 0 saturated heterocycles. The third-order valence-corrected chi connectivity index (χ3v) is 3.88. The van der Waals surface area contributed by atoms with Crippen LogP contribution in [0.15, 0.2) is 48.5 Å². The van der Waals surface area contributed by atoms with Gasteiger partial charge in [-0.1, -0.05) is 50.2 Å². The van der Waals surface area contributed by atoms with Crippen LogP contribution in [0.4, 0.5) is 4.39 Å². The summed E-state index contributed by atoms with van der Waals surface area (Å²) < 4.78 is 13.0. The van der Waals surface area contributed by atoms with Crippen molar-refractivity contribution in [1.82, 2.24) is 0 Å². The zero-order valence-electron chi connectivity index (χ0n) is 12.5. The molecule has 0 aromatic heterocycles. The van der Waals surface area contributed by atoms with Crippen LogP contribution in [0.5, 0.6) is 0 Å². The number of benzene rings is 2. The molecule has 0 aliphatic carbocycles. The van der Waals surface area contributed by atoms with Crippen molar-refractivity contribution in [2.24, 2.45) is 5.73 Å². The minimum absolute atomic E-state index is 0.198. The van der Waals surface area contributed by atoms with Crippen molar-refractivity contribution in [2.75, 3.05) is 6.54 Å². The standard InChI is InChI=1S/C18H22FNO/c1-12(2)13-3-5-14(6-4-13)17(11-20)18(21)15-7-9-16(19)10-8-15/h3-10,12,17-18,21H,11,20H2,1-2H3. The Bertz CT molecular complexity index is 563. The van der Waals surface area contributed by atoms with Crippen LogP contribution in [0.25, 0.3) is 0 Å². The van der Waals surface area contributed by atoms with Crippen molar-refractivity contribution in [3.05, 3.63) is 71.0 Å². The van der Waals surface area contributed by atoms with Gasteiger partial charge in [0.25, 0.3) is 0 Å². The number of hydrogen-bond donors (Lipinski definition) is 2. The molecule has 2 aromatic carbocycles. The van der Waals surface area contributed by atoms with Crippen LogP contribution in [0.2, 0.25) is 0 Å². The Morgan fingerprint density at radius 1 is 0.905 bits per heavy atom. The second-order valence-corrected chi connectivity index (χ2v) is 5.66. The molecule has 2 aromatic rings. The predicted octanol–water partition coefficient (Wildman–Crippen LogP) is 3.73. The second-order valence-electron chi connectivity index (χ2n) is 5.66. The van der Waals surface area contributed by atoms with Crippen molar-refractivity contribution in [3.8, 4) is 0 Å². The Labute approximate surface area is 125 Å². The number of nitrogens with two attached hydrogens (primary N) is 1. The Morgan fingerprint density at radius 2 is 1.38 bits per heavy atom. The molecule has 0 spiro atoms. The maximum absolute atomic E-state index is 13.0. The lowest BCUT2D eigenvalue weighted by Gasteiger charge is -2.23. The smallest absolute Gasteiger partial charge is 0.123 e. The van der Waals surface area contributed by atoms with Crippen molar-refractivity contribution >= 4 is 0 Å². The van der Waals surface area contributed by atoms with E-state index in [0.717, 1.165) is 5.56 Å². The molecule has 112 valence electrons. The van der Waals surface area contributed by atoms with E-state index in [1.54, 1.807) is 12.1 Å². The Morgan fingerprint density at radius 3 is 1.86 bits per heavy atom. The van der Waals surface area contributed by atoms with Crippen LogP contribution in [0, 0.1) is 5.82 Å². The molecule has 0 aliphatic heterocycles. The van der Waals surface area contributed by atoms with E-state index in [0.29, 0.717) is 18.0 Å². The second kappa shape index (κ2) is 6.83. The molecule has 2 atom stereocenters. The summed E-state index contributed by atoms with van der Waals surface area (Å²) in [6.45, 7) is 4.62. The van der Waals surface area contributed by atoms with Gasteiger partial charge in [0, 0.05) is 12.5 Å². The normalized spacial score (nSPS) is 14.2. The number of halogens is 1. The Hall–Kier alpha value is -1.71. The van der Waals surface area contributed by atoms with Gasteiger partial charge in [-0.15, -0.1) is 0 Å². The van der Waals surface area contributed by atoms with Gasteiger partial charge in [-0.25, -0.2) is 4.39 Å². The first-order valence-electron chi connectivity index (χ1n) is 7.26. The van der Waals surface area contributed by atoms with Gasteiger partial charge < -0.3 is 10.8 Å². The first-order chi connectivity index (χ1) is 10.0. The average molecular weight is 287 g/mol. The molecular weight excluding hydrogens is 265 g/mol. The van der Waals surface area contributed by atoms with Crippen molar-refractivity contribution in [2.45, 2.75) is 31.8 Å². The minimum Gasteiger partial charge on any atom is -0.388 e. The van der Waals surface area contributed by atoms with Gasteiger partial charge in [0.1, 0.15) is 5.82 Å². The lowest BCUT2D eigenvalue weighted by atomic mass is 9.88. The molecule has 2 nitrogen and oxygen atoms in total. The van der Waals surface area contributed by atoms with E-state index >= 15 is 0 Å². The third kappa shape index (κ3) is 3.69. The fourth-order valence-corrected chi connectivity index (χ4v) is 2.47. The molecule has 0 aliphatic rings. The molecule has 0 fully saturated rings. The molecule has 21 heavy (non-hydrogen) atoms. The lowest BCUT2D eigenvalue weighted by Crippen LogP contribution is -2.20. The molecule has 0 radical (unpaired) electrons. The van der Waals surface area contributed by atoms with Gasteiger partial charge in [-0.05, 0) is 34.7 Å². The lowest BCUT2D eigenvalue weighted by molar-refractivity contribution is 0.147. The van der Waals surface area contributed by atoms with E-state index in [4.69, 9.17) is 5.73 Å². The van der Waals surface area contributed by atoms with E-state index in [1.807, 2.05) is 12.1 Å². The molecular formula is C18H22FNO. The quantitative estimate of drug-likeness (QED) is 0.880. The SMILES string of the molecule is CC(C)c1ccc(C(CN)C(O)c2ccc(F)cc2)cc1. The summed E-state index contributed by atoms with van der Waals surface area (Å²) in [5.74, 6) is -0.0365. The van der Waals surface area contributed by atoms with Gasteiger partial charge in [0.2, 0.25) is 0 Å². The number of aliphatic hydroxyl groups excluding tert-OH is 1. The van der Waals surface area contributed by atoms with E-state index in [2.05, 4.69) is 26.0 Å². The van der Waals surface area contributed by atoms with Crippen LogP contribution in [-0.4, -0.2) is 11.7 Å². The van der Waals surface area contributed by atoms with Crippen molar-refractivity contribution in [3.63, 3.8) is 0 Å². The summed E-state index contributed by atoms with van der Waals surface area (Å²) in [6.07, 6.45) is -0.736. The largest absolute Gasteiger partial charge is 0.388 e. The van der Waals surface area contributed by atoms with Gasteiger partial charge in [-0.3, -0.25) is 0 Å². The van der Waals surface area contributed by atoms with Crippen LogP contribution < -0.4 is 5.73 Å². The van der Waals surface area contributed by atoms with E-state index < -0.39 is 6.10 Å². The number of rotatable bonds is 5. The number of aliphatic hydroxyl groups is 1. The zero-order chi connectivity index (χ0) is 15.4. The molecule has 2 unspecified atom stereocenters. The molecule has 0 heterocycles. The van der Waals surface area contributed by atoms with Gasteiger partial charge in [-0.2, -0.15) is 0 Å². The summed E-state index contributed by atoms with van der Waals surface area (Å²) in [6, 6.07) is 14.1. The monoisotopic (exact) mass is 287 g/mol. The summed E-state index contributed by atoms with van der Waals surface area (Å²) >= 11 is 0. The van der Waals surface area contributed by atoms with E-state index in [-0.39, 0.29) is 11.7 Å². The van der Waals surface area contributed by atoms with Gasteiger partial charge >= 0.3 is 0 Å². The molecule has 2 rings (SSSR count). The maximum Gasteiger partial charge on any atom is 0.123 e. The first-order valence-corrected chi connectivity index (χ1v) is 7.26. The molecule has 0 bridgehead atoms. The molecule has 0 amide bonds. The van der Waals surface area contributed by atoms with E-state index in [9.17, 15) is 9.50 Å². The van der Waals surface area contributed by atoms with Crippen LogP contribution in [0.3, 0.4) is 0 Å². The minimum atomic E-state index is -0.736. The summed E-state index contributed by atoms with van der Waals surface area (Å²) in [5, 5.41) is 10.5. The fraction of sp³-hybridized carbons (Fsp3) is 0.333. The van der Waals surface area contributed by atoms with Gasteiger partial charge in [0.05, 0.1) is 6.10 Å². The highest BCUT2D eigenvalue weighted by Gasteiger charge is 2.21. The van der Waals surface area contributed by atoms with Crippen LogP contribution in [-0.2, 0) is 0 Å². The molecule has 3 N–H and O–H groups in total. The van der Waals surface area contributed by atoms with Crippen molar-refractivity contribution in [1.29, 1.82) is 0 Å². The van der Waals surface area contributed by atoms with E-state index in [1.165, 1.54) is 17.7 Å². The predicted molar refractivity (Wildman–Crippen MR) is 83.7 cm³/mol. The summed E-state index contributed by atoms with van der Waals surface area (Å²) in [4.78, 5) is 0. The molecule has 0 saturated carbocycles. The highest BCUT2D eigenvalue weighted by Crippen LogP contribution is 2.31. The Kier molecular flexibility index (Phi) is 5.10. The highest BCUT2D eigenvalue weighted by atomic mass is 19.1. The zero-order valence-corrected chi connectivity index (χ0v) is 12.5. The first kappa shape index (κ1) is 15.7. The van der Waals surface area contributed by atoms with Gasteiger partial charge in [0.15, 0.2) is 0 Å². The fourth-order valence-electron chi connectivity index (χ4n) is 2.47. The topological polar surface area (TPSA) is 46.2 Å². The highest BCUT2D eigenvalue weighted by molar-refractivity contribution is 5.31. The Balaban J connectivity index is 2.23. The molecule has 3 heteroatoms. The van der Waals surface area contributed by atoms with Crippen LogP contribution in [0.1, 0.15) is 48.5 Å². The summed E-state index contributed by atoms with van der Waals surface area (Å²) in [7, 11) is 0. The van der Waals surface area contributed by atoms with Crippen LogP contribution >= 0.6 is 0 Å². The number of hydrogen-bond acceptors (Lipinski definition) is 2. The van der Waals surface area contributed by atoms with Crippen molar-refractivity contribution < 1.29 is 9.50 Å². The summed E-state index contributed by atoms with van der Waals surface area (Å²) in [5.41, 5.74) is 8.77. The third-order valence-electron chi connectivity index (χ3n) is 3.88.